The highest BCUT2D eigenvalue weighted by Gasteiger charge is 2.11. The van der Waals surface area contributed by atoms with Gasteiger partial charge < -0.3 is 5.11 Å². The smallest absolute Gasteiger partial charge is 0.123 e. The van der Waals surface area contributed by atoms with Crippen LogP contribution < -0.4 is 0 Å². The van der Waals surface area contributed by atoms with Gasteiger partial charge in [0, 0.05) is 11.8 Å². The summed E-state index contributed by atoms with van der Waals surface area (Å²) in [5.74, 6) is -0.370. The number of aliphatic hydroxyl groups excluding tert-OH is 1. The lowest BCUT2D eigenvalue weighted by molar-refractivity contribution is 0.198. The van der Waals surface area contributed by atoms with Crippen molar-refractivity contribution < 1.29 is 9.50 Å². The molecule has 0 fully saturated rings. The molecule has 1 aromatic heterocycles. The van der Waals surface area contributed by atoms with E-state index in [1.165, 1.54) is 12.1 Å². The third-order valence-corrected chi connectivity index (χ3v) is 2.65. The Labute approximate surface area is 101 Å². The van der Waals surface area contributed by atoms with Crippen molar-refractivity contribution in [3.05, 3.63) is 46.4 Å². The highest BCUT2D eigenvalue weighted by atomic mass is 79.9. The van der Waals surface area contributed by atoms with Crippen LogP contribution in [0.5, 0.6) is 0 Å². The molecule has 1 atom stereocenters. The molecule has 84 valence electrons. The summed E-state index contributed by atoms with van der Waals surface area (Å²) in [6.45, 7) is 1.59. The van der Waals surface area contributed by atoms with E-state index in [-0.39, 0.29) is 5.82 Å². The summed E-state index contributed by atoms with van der Waals surface area (Å²) >= 11 is 3.29. The lowest BCUT2D eigenvalue weighted by atomic mass is 10.1. The first kappa shape index (κ1) is 11.3. The zero-order valence-electron chi connectivity index (χ0n) is 8.56. The average Bonchev–Trinajstić information content (AvgIpc) is 2.64. The minimum atomic E-state index is -0.742. The average molecular weight is 285 g/mol. The zero-order valence-corrected chi connectivity index (χ0v) is 10.1. The van der Waals surface area contributed by atoms with E-state index in [9.17, 15) is 9.50 Å². The molecular formula is C11H10BrFN2O. The molecule has 0 radical (unpaired) electrons. The van der Waals surface area contributed by atoms with Crippen LogP contribution in [0.25, 0.3) is 5.69 Å². The maximum Gasteiger partial charge on any atom is 0.123 e. The molecule has 0 aliphatic rings. The van der Waals surface area contributed by atoms with Gasteiger partial charge in [-0.1, -0.05) is 0 Å². The number of aromatic nitrogens is 2. The predicted molar refractivity (Wildman–Crippen MR) is 61.9 cm³/mol. The highest BCUT2D eigenvalue weighted by Crippen LogP contribution is 2.23. The van der Waals surface area contributed by atoms with Gasteiger partial charge in [-0.25, -0.2) is 9.07 Å². The van der Waals surface area contributed by atoms with Crippen LogP contribution in [0.15, 0.2) is 35.1 Å². The van der Waals surface area contributed by atoms with Gasteiger partial charge in [0.1, 0.15) is 5.82 Å². The molecule has 0 bridgehead atoms. The minimum Gasteiger partial charge on any atom is -0.389 e. The van der Waals surface area contributed by atoms with Crippen LogP contribution in [0.4, 0.5) is 4.39 Å². The number of nitrogens with zero attached hydrogens (tertiary/aromatic N) is 2. The Kier molecular flexibility index (Phi) is 3.07. The van der Waals surface area contributed by atoms with Crippen molar-refractivity contribution in [1.82, 2.24) is 9.78 Å². The molecule has 0 amide bonds. The molecule has 0 aliphatic heterocycles. The normalized spacial score (nSPS) is 12.8. The topological polar surface area (TPSA) is 38.0 Å². The SMILES string of the molecule is C[C@H](O)c1cc(F)ccc1-n1cc(Br)cn1. The highest BCUT2D eigenvalue weighted by molar-refractivity contribution is 9.10. The van der Waals surface area contributed by atoms with Crippen molar-refractivity contribution in [1.29, 1.82) is 0 Å². The van der Waals surface area contributed by atoms with Crippen LogP contribution in [-0.4, -0.2) is 14.9 Å². The summed E-state index contributed by atoms with van der Waals surface area (Å²) in [6.07, 6.45) is 2.64. The summed E-state index contributed by atoms with van der Waals surface area (Å²) in [7, 11) is 0. The molecular weight excluding hydrogens is 275 g/mol. The van der Waals surface area contributed by atoms with Gasteiger partial charge >= 0.3 is 0 Å². The second-order valence-electron chi connectivity index (χ2n) is 3.48. The maximum absolute atomic E-state index is 13.1. The van der Waals surface area contributed by atoms with Gasteiger partial charge in [0.25, 0.3) is 0 Å². The van der Waals surface area contributed by atoms with E-state index in [1.807, 2.05) is 0 Å². The van der Waals surface area contributed by atoms with Crippen LogP contribution >= 0.6 is 15.9 Å². The molecule has 1 aromatic carbocycles. The number of hydrogen-bond acceptors (Lipinski definition) is 2. The largest absolute Gasteiger partial charge is 0.389 e. The minimum absolute atomic E-state index is 0.370. The molecule has 16 heavy (non-hydrogen) atoms. The summed E-state index contributed by atoms with van der Waals surface area (Å²) in [4.78, 5) is 0. The molecule has 0 spiro atoms. The molecule has 1 N–H and O–H groups in total. The van der Waals surface area contributed by atoms with Gasteiger partial charge in [0.15, 0.2) is 0 Å². The van der Waals surface area contributed by atoms with Crippen LogP contribution in [0.3, 0.4) is 0 Å². The van der Waals surface area contributed by atoms with Crippen LogP contribution in [0.1, 0.15) is 18.6 Å². The van der Waals surface area contributed by atoms with Gasteiger partial charge in [-0.3, -0.25) is 0 Å². The number of halogens is 2. The van der Waals surface area contributed by atoms with Gasteiger partial charge in [0.05, 0.1) is 22.5 Å². The monoisotopic (exact) mass is 284 g/mol. The second kappa shape index (κ2) is 4.35. The van der Waals surface area contributed by atoms with Crippen molar-refractivity contribution in [3.63, 3.8) is 0 Å². The zero-order chi connectivity index (χ0) is 11.7. The molecule has 2 rings (SSSR count). The predicted octanol–water partition coefficient (Wildman–Crippen LogP) is 2.83. The van der Waals surface area contributed by atoms with Gasteiger partial charge in [-0.2, -0.15) is 5.10 Å². The van der Waals surface area contributed by atoms with Crippen molar-refractivity contribution in [2.45, 2.75) is 13.0 Å². The Morgan fingerprint density at radius 3 is 2.81 bits per heavy atom. The Morgan fingerprint density at radius 1 is 1.50 bits per heavy atom. The molecule has 5 heteroatoms. The first-order chi connectivity index (χ1) is 7.58. The van der Waals surface area contributed by atoms with Crippen LogP contribution in [0.2, 0.25) is 0 Å². The Hall–Kier alpha value is -1.20. The quantitative estimate of drug-likeness (QED) is 0.921. The molecule has 2 aromatic rings. The fourth-order valence-electron chi connectivity index (χ4n) is 1.50. The van der Waals surface area contributed by atoms with E-state index in [0.717, 1.165) is 4.47 Å². The number of aliphatic hydroxyl groups is 1. The lowest BCUT2D eigenvalue weighted by Gasteiger charge is -2.11. The van der Waals surface area contributed by atoms with Crippen LogP contribution in [-0.2, 0) is 0 Å². The summed E-state index contributed by atoms with van der Waals surface area (Å²) in [6, 6.07) is 4.25. The number of hydrogen-bond donors (Lipinski definition) is 1. The van der Waals surface area contributed by atoms with Gasteiger partial charge in [-0.15, -0.1) is 0 Å². The van der Waals surface area contributed by atoms with E-state index in [2.05, 4.69) is 21.0 Å². The Morgan fingerprint density at radius 2 is 2.25 bits per heavy atom. The molecule has 0 saturated heterocycles. The molecule has 1 heterocycles. The fourth-order valence-corrected chi connectivity index (χ4v) is 1.79. The third kappa shape index (κ3) is 2.15. The fraction of sp³-hybridized carbons (Fsp3) is 0.182. The molecule has 0 unspecified atom stereocenters. The number of benzene rings is 1. The Balaban J connectivity index is 2.56. The molecule has 0 saturated carbocycles. The van der Waals surface area contributed by atoms with Crippen molar-refractivity contribution >= 4 is 15.9 Å². The standard InChI is InChI=1S/C11H10BrFN2O/c1-7(16)10-4-9(13)2-3-11(10)15-6-8(12)5-14-15/h2-7,16H,1H3/t7-/m0/s1. The summed E-state index contributed by atoms with van der Waals surface area (Å²) in [5, 5.41) is 13.7. The number of rotatable bonds is 2. The van der Waals surface area contributed by atoms with E-state index < -0.39 is 6.10 Å². The van der Waals surface area contributed by atoms with Gasteiger partial charge in [-0.05, 0) is 41.1 Å². The Bertz CT molecular complexity index is 510. The van der Waals surface area contributed by atoms with Crippen molar-refractivity contribution in [3.8, 4) is 5.69 Å². The third-order valence-electron chi connectivity index (χ3n) is 2.24. The summed E-state index contributed by atoms with van der Waals surface area (Å²) in [5.41, 5.74) is 1.18. The van der Waals surface area contributed by atoms with Crippen LogP contribution in [0, 0.1) is 5.82 Å². The molecule has 0 aliphatic carbocycles. The maximum atomic E-state index is 13.1. The van der Waals surface area contributed by atoms with Crippen molar-refractivity contribution in [2.24, 2.45) is 0 Å². The lowest BCUT2D eigenvalue weighted by Crippen LogP contribution is -2.03. The first-order valence-electron chi connectivity index (χ1n) is 4.76. The second-order valence-corrected chi connectivity index (χ2v) is 4.40. The van der Waals surface area contributed by atoms with Gasteiger partial charge in [0.2, 0.25) is 0 Å². The molecule has 3 nitrogen and oxygen atoms in total. The van der Waals surface area contributed by atoms with E-state index >= 15 is 0 Å². The van der Waals surface area contributed by atoms with E-state index in [1.54, 1.807) is 30.1 Å². The van der Waals surface area contributed by atoms with E-state index in [4.69, 9.17) is 0 Å². The summed E-state index contributed by atoms with van der Waals surface area (Å²) < 4.78 is 15.5. The first-order valence-corrected chi connectivity index (χ1v) is 5.55. The van der Waals surface area contributed by atoms with E-state index in [0.29, 0.717) is 11.3 Å². The van der Waals surface area contributed by atoms with Crippen molar-refractivity contribution in [2.75, 3.05) is 0 Å².